The molecule has 0 aliphatic heterocycles. The van der Waals surface area contributed by atoms with Gasteiger partial charge in [0.2, 0.25) is 5.91 Å². The first kappa shape index (κ1) is 16.9. The average molecular weight is 271 g/mol. The molecule has 1 aromatic rings. The van der Waals surface area contributed by atoms with Gasteiger partial charge in [0, 0.05) is 6.54 Å². The van der Waals surface area contributed by atoms with Gasteiger partial charge < -0.3 is 11.1 Å². The number of nitrogens with one attached hydrogen (secondary N) is 1. The topological polar surface area (TPSA) is 55.1 Å². The summed E-state index contributed by atoms with van der Waals surface area (Å²) in [4.78, 5) is 11.4. The molecule has 3 N–H and O–H groups in total. The van der Waals surface area contributed by atoms with Crippen molar-refractivity contribution >= 4 is 18.3 Å². The Balaban J connectivity index is 0.00000289. The molecular weight excluding hydrogens is 248 g/mol. The van der Waals surface area contributed by atoms with Crippen LogP contribution in [0.5, 0.6) is 0 Å². The van der Waals surface area contributed by atoms with E-state index in [0.29, 0.717) is 6.54 Å². The molecular formula is C14H23ClN2O. The first-order valence-corrected chi connectivity index (χ1v) is 5.98. The first-order chi connectivity index (χ1) is 7.91. The second kappa shape index (κ2) is 7.39. The molecule has 1 rings (SSSR count). The van der Waals surface area contributed by atoms with Gasteiger partial charge in [0.15, 0.2) is 0 Å². The third-order valence-electron chi connectivity index (χ3n) is 2.68. The summed E-state index contributed by atoms with van der Waals surface area (Å²) in [6, 6.07) is 9.85. The highest BCUT2D eigenvalue weighted by molar-refractivity contribution is 5.85. The van der Waals surface area contributed by atoms with Gasteiger partial charge in [-0.25, -0.2) is 0 Å². The summed E-state index contributed by atoms with van der Waals surface area (Å²) < 4.78 is 0. The summed E-state index contributed by atoms with van der Waals surface area (Å²) in [7, 11) is 0. The largest absolute Gasteiger partial charge is 0.354 e. The molecule has 18 heavy (non-hydrogen) atoms. The van der Waals surface area contributed by atoms with Crippen molar-refractivity contribution in [1.82, 2.24) is 5.32 Å². The lowest BCUT2D eigenvalue weighted by Crippen LogP contribution is -2.43. The Morgan fingerprint density at radius 2 is 1.89 bits per heavy atom. The van der Waals surface area contributed by atoms with E-state index in [9.17, 15) is 4.79 Å². The van der Waals surface area contributed by atoms with Crippen molar-refractivity contribution in [2.24, 2.45) is 11.1 Å². The third-order valence-corrected chi connectivity index (χ3v) is 2.68. The van der Waals surface area contributed by atoms with Crippen LogP contribution in [0.25, 0.3) is 0 Å². The van der Waals surface area contributed by atoms with Gasteiger partial charge in [-0.3, -0.25) is 4.79 Å². The Morgan fingerprint density at radius 1 is 1.33 bits per heavy atom. The highest BCUT2D eigenvalue weighted by Gasteiger charge is 2.20. The monoisotopic (exact) mass is 270 g/mol. The fraction of sp³-hybridized carbons (Fsp3) is 0.500. The molecule has 0 bridgehead atoms. The summed E-state index contributed by atoms with van der Waals surface area (Å²) in [5, 5.41) is 2.88. The molecule has 0 aliphatic carbocycles. The molecule has 0 unspecified atom stereocenters. The van der Waals surface area contributed by atoms with Crippen molar-refractivity contribution in [3.63, 3.8) is 0 Å². The molecule has 0 spiro atoms. The normalized spacial score (nSPS) is 12.4. The smallest absolute Gasteiger partial charge is 0.236 e. The molecule has 0 heterocycles. The zero-order chi connectivity index (χ0) is 12.9. The van der Waals surface area contributed by atoms with Crippen LogP contribution < -0.4 is 11.1 Å². The fourth-order valence-corrected chi connectivity index (χ4v) is 1.70. The fourth-order valence-electron chi connectivity index (χ4n) is 1.70. The number of hydrogen-bond donors (Lipinski definition) is 2. The van der Waals surface area contributed by atoms with E-state index in [-0.39, 0.29) is 23.7 Å². The summed E-state index contributed by atoms with van der Waals surface area (Å²) >= 11 is 0. The minimum absolute atomic E-state index is 0. The average Bonchev–Trinajstić information content (AvgIpc) is 2.26. The quantitative estimate of drug-likeness (QED) is 0.861. The molecule has 0 fully saturated rings. The van der Waals surface area contributed by atoms with Crippen molar-refractivity contribution in [3.8, 4) is 0 Å². The van der Waals surface area contributed by atoms with Crippen LogP contribution in [0, 0.1) is 5.41 Å². The number of rotatable bonds is 5. The molecule has 0 aromatic heterocycles. The molecule has 0 aliphatic rings. The molecule has 4 heteroatoms. The van der Waals surface area contributed by atoms with Gasteiger partial charge in [-0.15, -0.1) is 12.4 Å². The van der Waals surface area contributed by atoms with E-state index in [1.165, 1.54) is 5.56 Å². The van der Waals surface area contributed by atoms with Crippen LogP contribution in [0.4, 0.5) is 0 Å². The summed E-state index contributed by atoms with van der Waals surface area (Å²) in [6.07, 6.45) is 0.938. The van der Waals surface area contributed by atoms with Crippen LogP contribution in [-0.2, 0) is 11.2 Å². The van der Waals surface area contributed by atoms with Crippen molar-refractivity contribution in [1.29, 1.82) is 0 Å². The molecule has 0 saturated carbocycles. The predicted molar refractivity (Wildman–Crippen MR) is 77.8 cm³/mol. The van der Waals surface area contributed by atoms with Crippen LogP contribution in [0.3, 0.4) is 0 Å². The molecule has 3 nitrogen and oxygen atoms in total. The van der Waals surface area contributed by atoms with Gasteiger partial charge in [-0.2, -0.15) is 0 Å². The Labute approximate surface area is 116 Å². The number of carbonyl (C=O) groups is 1. The van der Waals surface area contributed by atoms with E-state index >= 15 is 0 Å². The minimum atomic E-state index is -0.442. The Hall–Kier alpha value is -1.06. The van der Waals surface area contributed by atoms with E-state index in [4.69, 9.17) is 5.73 Å². The van der Waals surface area contributed by atoms with Crippen molar-refractivity contribution < 1.29 is 4.79 Å². The highest BCUT2D eigenvalue weighted by atomic mass is 35.5. The maximum atomic E-state index is 11.4. The van der Waals surface area contributed by atoms with E-state index in [0.717, 1.165) is 6.42 Å². The predicted octanol–water partition coefficient (Wildman–Crippen LogP) is 2.14. The van der Waals surface area contributed by atoms with Crippen molar-refractivity contribution in [2.75, 3.05) is 6.54 Å². The summed E-state index contributed by atoms with van der Waals surface area (Å²) in [6.45, 7) is 6.62. The van der Waals surface area contributed by atoms with Gasteiger partial charge in [-0.05, 0) is 24.3 Å². The van der Waals surface area contributed by atoms with Gasteiger partial charge >= 0.3 is 0 Å². The second-order valence-electron chi connectivity index (χ2n) is 5.33. The molecule has 0 radical (unpaired) electrons. The summed E-state index contributed by atoms with van der Waals surface area (Å²) in [5.41, 5.74) is 6.82. The minimum Gasteiger partial charge on any atom is -0.354 e. The molecule has 1 atom stereocenters. The van der Waals surface area contributed by atoms with E-state index in [1.807, 2.05) is 18.2 Å². The molecule has 102 valence electrons. The standard InChI is InChI=1S/C14H22N2O.ClH/c1-11(15)13(17)16-10-14(2,3)9-12-7-5-4-6-8-12;/h4-8,11H,9-10,15H2,1-3H3,(H,16,17);1H/t11-;/m0./s1. The maximum absolute atomic E-state index is 11.4. The van der Waals surface area contributed by atoms with Crippen molar-refractivity contribution in [3.05, 3.63) is 35.9 Å². The first-order valence-electron chi connectivity index (χ1n) is 5.98. The number of nitrogens with two attached hydrogens (primary N) is 1. The van der Waals surface area contributed by atoms with E-state index < -0.39 is 6.04 Å². The maximum Gasteiger partial charge on any atom is 0.236 e. The van der Waals surface area contributed by atoms with E-state index in [1.54, 1.807) is 6.92 Å². The highest BCUT2D eigenvalue weighted by Crippen LogP contribution is 2.20. The summed E-state index contributed by atoms with van der Waals surface area (Å²) in [5.74, 6) is -0.0915. The SMILES string of the molecule is C[C@H](N)C(=O)NCC(C)(C)Cc1ccccc1.Cl. The Morgan fingerprint density at radius 3 is 2.39 bits per heavy atom. The number of hydrogen-bond acceptors (Lipinski definition) is 2. The zero-order valence-electron chi connectivity index (χ0n) is 11.3. The number of carbonyl (C=O) groups excluding carboxylic acids is 1. The van der Waals surface area contributed by atoms with Gasteiger partial charge in [0.1, 0.15) is 0 Å². The van der Waals surface area contributed by atoms with E-state index in [2.05, 4.69) is 31.3 Å². The van der Waals surface area contributed by atoms with Crippen LogP contribution in [0.2, 0.25) is 0 Å². The lowest BCUT2D eigenvalue weighted by molar-refractivity contribution is -0.122. The van der Waals surface area contributed by atoms with Gasteiger partial charge in [0.05, 0.1) is 6.04 Å². The number of amides is 1. The van der Waals surface area contributed by atoms with Gasteiger partial charge in [-0.1, -0.05) is 44.2 Å². The Bertz CT molecular complexity index is 363. The Kier molecular flexibility index (Phi) is 6.96. The van der Waals surface area contributed by atoms with Crippen LogP contribution in [0.15, 0.2) is 30.3 Å². The lowest BCUT2D eigenvalue weighted by Gasteiger charge is -2.25. The van der Waals surface area contributed by atoms with Crippen LogP contribution in [0.1, 0.15) is 26.3 Å². The van der Waals surface area contributed by atoms with Crippen molar-refractivity contribution in [2.45, 2.75) is 33.2 Å². The second-order valence-corrected chi connectivity index (χ2v) is 5.33. The number of benzene rings is 1. The molecule has 1 amide bonds. The molecule has 0 saturated heterocycles. The number of halogens is 1. The van der Waals surface area contributed by atoms with Gasteiger partial charge in [0.25, 0.3) is 0 Å². The van der Waals surface area contributed by atoms with Crippen LogP contribution >= 0.6 is 12.4 Å². The third kappa shape index (κ3) is 6.03. The molecule has 1 aromatic carbocycles. The van der Waals surface area contributed by atoms with Crippen LogP contribution in [-0.4, -0.2) is 18.5 Å². The zero-order valence-corrected chi connectivity index (χ0v) is 12.1. The lowest BCUT2D eigenvalue weighted by atomic mass is 9.85.